The van der Waals surface area contributed by atoms with Gasteiger partial charge in [0.05, 0.1) is 11.7 Å². The summed E-state index contributed by atoms with van der Waals surface area (Å²) in [7, 11) is 0. The van der Waals surface area contributed by atoms with Crippen molar-refractivity contribution < 1.29 is 23.4 Å². The van der Waals surface area contributed by atoms with Gasteiger partial charge in [0.2, 0.25) is 0 Å². The third-order valence-electron chi connectivity index (χ3n) is 5.13. The quantitative estimate of drug-likeness (QED) is 0.181. The lowest BCUT2D eigenvalue weighted by Gasteiger charge is -2.17. The molecule has 0 aliphatic carbocycles. The molecule has 0 saturated heterocycles. The fraction of sp³-hybridized carbons (Fsp3) is 0.310. The first-order valence-electron chi connectivity index (χ1n) is 11.7. The van der Waals surface area contributed by atoms with E-state index in [0.29, 0.717) is 23.3 Å². The molecule has 0 N–H and O–H groups in total. The molecule has 0 saturated carbocycles. The molecule has 3 aromatic rings. The van der Waals surface area contributed by atoms with E-state index in [9.17, 15) is 9.59 Å². The summed E-state index contributed by atoms with van der Waals surface area (Å²) < 4.78 is 23.0. The third kappa shape index (κ3) is 7.09. The smallest absolute Gasteiger partial charge is 0.383 e. The van der Waals surface area contributed by atoms with Crippen molar-refractivity contribution in [1.82, 2.24) is 0 Å². The summed E-state index contributed by atoms with van der Waals surface area (Å²) >= 11 is 0. The molecular formula is C29H32O6. The highest BCUT2D eigenvalue weighted by Gasteiger charge is 2.24. The zero-order valence-corrected chi connectivity index (χ0v) is 20.9. The first-order valence-corrected chi connectivity index (χ1v) is 11.7. The molecule has 0 aliphatic heterocycles. The minimum absolute atomic E-state index is 0.121. The molecular weight excluding hydrogens is 444 g/mol. The highest BCUT2D eigenvalue weighted by atomic mass is 16.6. The number of ether oxygens (including phenoxy) is 3. The standard InChI is InChI=1S/C29H32O6/c1-19(2)11-9-12-21(5)17-18-32-23-15-10-16-24-25(23)26(33-20(3)4)27(29(31)34-24)35-28(30)22-13-7-6-8-14-22/h6-8,10-11,13-17,20H,9,12,18H2,1-5H3. The number of hydrogen-bond acceptors (Lipinski definition) is 6. The summed E-state index contributed by atoms with van der Waals surface area (Å²) in [6, 6.07) is 13.6. The number of esters is 1. The highest BCUT2D eigenvalue weighted by molar-refractivity contribution is 5.95. The van der Waals surface area contributed by atoms with Crippen molar-refractivity contribution in [2.75, 3.05) is 6.61 Å². The largest absolute Gasteiger partial charge is 0.489 e. The predicted molar refractivity (Wildman–Crippen MR) is 138 cm³/mol. The normalized spacial score (nSPS) is 11.4. The molecule has 0 spiro atoms. The number of hydrogen-bond donors (Lipinski definition) is 0. The number of carbonyl (C=O) groups excluding carboxylic acids is 1. The third-order valence-corrected chi connectivity index (χ3v) is 5.13. The van der Waals surface area contributed by atoms with Gasteiger partial charge in [-0.1, -0.05) is 41.5 Å². The van der Waals surface area contributed by atoms with Gasteiger partial charge in [-0.05, 0) is 77.8 Å². The monoisotopic (exact) mass is 476 g/mol. The van der Waals surface area contributed by atoms with Crippen LogP contribution in [0.5, 0.6) is 17.2 Å². The van der Waals surface area contributed by atoms with Gasteiger partial charge in [-0.15, -0.1) is 0 Å². The van der Waals surface area contributed by atoms with Crippen molar-refractivity contribution >= 4 is 16.9 Å². The Kier molecular flexibility index (Phi) is 8.90. The minimum Gasteiger partial charge on any atom is -0.489 e. The molecule has 3 rings (SSSR count). The molecule has 6 nitrogen and oxygen atoms in total. The maximum absolute atomic E-state index is 12.8. The van der Waals surface area contributed by atoms with E-state index in [1.54, 1.807) is 48.5 Å². The van der Waals surface area contributed by atoms with Crippen molar-refractivity contribution in [2.45, 2.75) is 53.6 Å². The molecule has 1 heterocycles. The van der Waals surface area contributed by atoms with E-state index in [-0.39, 0.29) is 23.2 Å². The summed E-state index contributed by atoms with van der Waals surface area (Å²) in [6.07, 6.45) is 5.86. The average molecular weight is 477 g/mol. The van der Waals surface area contributed by atoms with Crippen LogP contribution >= 0.6 is 0 Å². The van der Waals surface area contributed by atoms with Crippen LogP contribution in [0.2, 0.25) is 0 Å². The number of benzene rings is 2. The SMILES string of the molecule is CC(C)=CCCC(C)=CCOc1cccc2oc(=O)c(OC(=O)c3ccccc3)c(OC(C)C)c12. The van der Waals surface area contributed by atoms with Crippen LogP contribution in [0.15, 0.2) is 81.0 Å². The molecule has 0 atom stereocenters. The summed E-state index contributed by atoms with van der Waals surface area (Å²) in [6.45, 7) is 10.2. The Balaban J connectivity index is 1.96. The van der Waals surface area contributed by atoms with Gasteiger partial charge in [-0.3, -0.25) is 0 Å². The fourth-order valence-corrected chi connectivity index (χ4v) is 3.42. The van der Waals surface area contributed by atoms with Gasteiger partial charge in [0, 0.05) is 0 Å². The van der Waals surface area contributed by atoms with Crippen molar-refractivity contribution in [3.8, 4) is 17.2 Å². The van der Waals surface area contributed by atoms with Crippen molar-refractivity contribution in [2.24, 2.45) is 0 Å². The fourth-order valence-electron chi connectivity index (χ4n) is 3.42. The van der Waals surface area contributed by atoms with E-state index < -0.39 is 11.6 Å². The van der Waals surface area contributed by atoms with Crippen LogP contribution in [0, 0.1) is 0 Å². The van der Waals surface area contributed by atoms with Crippen LogP contribution in [0.4, 0.5) is 0 Å². The van der Waals surface area contributed by atoms with Crippen LogP contribution < -0.4 is 19.8 Å². The second-order valence-electron chi connectivity index (χ2n) is 8.78. The van der Waals surface area contributed by atoms with Gasteiger partial charge in [0.15, 0.2) is 5.75 Å². The number of allylic oxidation sites excluding steroid dienone is 3. The van der Waals surface area contributed by atoms with Crippen molar-refractivity contribution in [3.63, 3.8) is 0 Å². The Morgan fingerprint density at radius 2 is 1.71 bits per heavy atom. The molecule has 35 heavy (non-hydrogen) atoms. The Labute approximate surface area is 205 Å². The second kappa shape index (κ2) is 12.1. The lowest BCUT2D eigenvalue weighted by Crippen LogP contribution is -2.18. The summed E-state index contributed by atoms with van der Waals surface area (Å²) in [5.41, 5.74) is 2.30. The molecule has 1 aromatic heterocycles. The summed E-state index contributed by atoms with van der Waals surface area (Å²) in [4.78, 5) is 25.5. The molecule has 0 unspecified atom stereocenters. The van der Waals surface area contributed by atoms with Crippen LogP contribution in [0.3, 0.4) is 0 Å². The van der Waals surface area contributed by atoms with Crippen LogP contribution in [-0.4, -0.2) is 18.7 Å². The second-order valence-corrected chi connectivity index (χ2v) is 8.78. The minimum atomic E-state index is -0.801. The molecule has 184 valence electrons. The highest BCUT2D eigenvalue weighted by Crippen LogP contribution is 2.39. The van der Waals surface area contributed by atoms with E-state index in [1.165, 1.54) is 11.1 Å². The Hall–Kier alpha value is -3.80. The number of fused-ring (bicyclic) bond motifs is 1. The van der Waals surface area contributed by atoms with Gasteiger partial charge in [0.1, 0.15) is 23.3 Å². The number of rotatable bonds is 10. The molecule has 0 radical (unpaired) electrons. The molecule has 0 amide bonds. The topological polar surface area (TPSA) is 75.0 Å². The number of carbonyl (C=O) groups is 1. The Morgan fingerprint density at radius 1 is 0.971 bits per heavy atom. The van der Waals surface area contributed by atoms with E-state index in [2.05, 4.69) is 26.8 Å². The van der Waals surface area contributed by atoms with Crippen LogP contribution in [-0.2, 0) is 0 Å². The lowest BCUT2D eigenvalue weighted by atomic mass is 10.1. The first kappa shape index (κ1) is 25.8. The van der Waals surface area contributed by atoms with Crippen LogP contribution in [0.1, 0.15) is 57.8 Å². The van der Waals surface area contributed by atoms with Crippen molar-refractivity contribution in [3.05, 3.63) is 87.8 Å². The van der Waals surface area contributed by atoms with Gasteiger partial charge >= 0.3 is 11.6 Å². The average Bonchev–Trinajstić information content (AvgIpc) is 2.81. The van der Waals surface area contributed by atoms with E-state index in [0.717, 1.165) is 12.8 Å². The first-order chi connectivity index (χ1) is 16.8. The lowest BCUT2D eigenvalue weighted by molar-refractivity contribution is 0.0718. The van der Waals surface area contributed by atoms with Gasteiger partial charge in [-0.2, -0.15) is 0 Å². The maximum Gasteiger partial charge on any atom is 0.383 e. The predicted octanol–water partition coefficient (Wildman–Crippen LogP) is 6.87. The zero-order chi connectivity index (χ0) is 25.4. The molecule has 0 aliphatic rings. The Morgan fingerprint density at radius 3 is 2.40 bits per heavy atom. The maximum atomic E-state index is 12.8. The zero-order valence-electron chi connectivity index (χ0n) is 20.9. The summed E-state index contributed by atoms with van der Waals surface area (Å²) in [5, 5.41) is 0.437. The van der Waals surface area contributed by atoms with E-state index in [1.807, 2.05) is 19.9 Å². The molecule has 6 heteroatoms. The molecule has 0 fully saturated rings. The van der Waals surface area contributed by atoms with Gasteiger partial charge in [0.25, 0.3) is 5.75 Å². The summed E-state index contributed by atoms with van der Waals surface area (Å²) in [5.74, 6) is -0.397. The Bertz CT molecular complexity index is 1280. The molecule has 0 bridgehead atoms. The van der Waals surface area contributed by atoms with Crippen LogP contribution in [0.25, 0.3) is 11.0 Å². The molecule has 2 aromatic carbocycles. The van der Waals surface area contributed by atoms with Crippen molar-refractivity contribution in [1.29, 1.82) is 0 Å². The van der Waals surface area contributed by atoms with Gasteiger partial charge in [-0.25, -0.2) is 9.59 Å². The van der Waals surface area contributed by atoms with E-state index in [4.69, 9.17) is 18.6 Å². The van der Waals surface area contributed by atoms with Gasteiger partial charge < -0.3 is 18.6 Å². The van der Waals surface area contributed by atoms with E-state index >= 15 is 0 Å².